The summed E-state index contributed by atoms with van der Waals surface area (Å²) in [5, 5.41) is 8.89. The number of alkyl halides is 3. The number of benzene rings is 2. The number of hydrogen-bond acceptors (Lipinski definition) is 5. The van der Waals surface area contributed by atoms with E-state index in [1.54, 1.807) is 21.3 Å². The molecule has 8 nitrogen and oxygen atoms in total. The number of carbonyl (C=O) groups is 2. The zero-order valence-corrected chi connectivity index (χ0v) is 17.5. The molecule has 0 aliphatic carbocycles. The van der Waals surface area contributed by atoms with Gasteiger partial charge in [-0.25, -0.2) is 10.3 Å². The summed E-state index contributed by atoms with van der Waals surface area (Å²) in [6.45, 7) is 1.70. The molecule has 0 unspecified atom stereocenters. The van der Waals surface area contributed by atoms with Gasteiger partial charge in [0.2, 0.25) is 0 Å². The van der Waals surface area contributed by atoms with Gasteiger partial charge in [0, 0.05) is 24.2 Å². The van der Waals surface area contributed by atoms with Crippen molar-refractivity contribution in [1.82, 2.24) is 15.3 Å². The van der Waals surface area contributed by atoms with Crippen molar-refractivity contribution in [2.75, 3.05) is 32.9 Å². The standard InChI is InChI=1S/C22H22F3N3O5/c23-22(24,25)17-5-3-14(4-6-17)18-13-33-19-11-15(20(29)26-31)1-2-16(19)12-28(18)21(30)27-7-9-32-10-8-27/h1-6,11,18,31H,7-10,12-13H2,(H,26,29)/t18-/m1/s1. The van der Waals surface area contributed by atoms with Crippen LogP contribution in [0.25, 0.3) is 0 Å². The molecule has 1 fully saturated rings. The third-order valence-electron chi connectivity index (χ3n) is 5.69. The van der Waals surface area contributed by atoms with Gasteiger partial charge in [-0.1, -0.05) is 18.2 Å². The predicted octanol–water partition coefficient (Wildman–Crippen LogP) is 3.21. The highest BCUT2D eigenvalue weighted by Gasteiger charge is 2.35. The molecule has 0 aromatic heterocycles. The number of nitrogens with one attached hydrogen (secondary N) is 1. The average molecular weight is 465 g/mol. The van der Waals surface area contributed by atoms with Gasteiger partial charge in [-0.15, -0.1) is 0 Å². The lowest BCUT2D eigenvalue weighted by atomic mass is 10.0. The van der Waals surface area contributed by atoms with E-state index < -0.39 is 23.7 Å². The van der Waals surface area contributed by atoms with Gasteiger partial charge in [-0.05, 0) is 29.8 Å². The van der Waals surface area contributed by atoms with Crippen LogP contribution >= 0.6 is 0 Å². The number of hydrogen-bond donors (Lipinski definition) is 2. The molecule has 0 radical (unpaired) electrons. The van der Waals surface area contributed by atoms with Crippen LogP contribution in [0.3, 0.4) is 0 Å². The molecular formula is C22H22F3N3O5. The number of morpholine rings is 1. The van der Waals surface area contributed by atoms with Gasteiger partial charge in [0.1, 0.15) is 12.4 Å². The topological polar surface area (TPSA) is 91.3 Å². The summed E-state index contributed by atoms with van der Waals surface area (Å²) in [5.74, 6) is -0.364. The van der Waals surface area contributed by atoms with Crippen LogP contribution in [-0.2, 0) is 17.5 Å². The summed E-state index contributed by atoms with van der Waals surface area (Å²) in [5.41, 5.74) is 2.05. The van der Waals surface area contributed by atoms with Gasteiger partial charge in [0.25, 0.3) is 5.91 Å². The molecule has 2 aromatic rings. The van der Waals surface area contributed by atoms with Crippen molar-refractivity contribution in [3.63, 3.8) is 0 Å². The van der Waals surface area contributed by atoms with E-state index in [4.69, 9.17) is 14.7 Å². The Kier molecular flexibility index (Phi) is 6.43. The lowest BCUT2D eigenvalue weighted by molar-refractivity contribution is -0.137. The minimum absolute atomic E-state index is 0.0291. The number of amides is 3. The molecule has 2 N–H and O–H groups in total. The van der Waals surface area contributed by atoms with E-state index in [0.29, 0.717) is 43.2 Å². The van der Waals surface area contributed by atoms with E-state index in [1.807, 2.05) is 0 Å². The molecular weight excluding hydrogens is 443 g/mol. The maximum Gasteiger partial charge on any atom is 0.416 e. The van der Waals surface area contributed by atoms with Crippen LogP contribution in [0.2, 0.25) is 0 Å². The molecule has 4 rings (SSSR count). The molecule has 0 spiro atoms. The number of urea groups is 1. The van der Waals surface area contributed by atoms with Crippen LogP contribution in [-0.4, -0.2) is 59.9 Å². The lowest BCUT2D eigenvalue weighted by Crippen LogP contribution is -2.49. The molecule has 33 heavy (non-hydrogen) atoms. The van der Waals surface area contributed by atoms with Crippen molar-refractivity contribution in [3.8, 4) is 5.75 Å². The molecule has 0 bridgehead atoms. The fourth-order valence-corrected chi connectivity index (χ4v) is 3.89. The van der Waals surface area contributed by atoms with E-state index in [-0.39, 0.29) is 24.7 Å². The van der Waals surface area contributed by atoms with Crippen LogP contribution in [0.15, 0.2) is 42.5 Å². The summed E-state index contributed by atoms with van der Waals surface area (Å²) in [6, 6.07) is 8.27. The molecule has 3 amide bonds. The van der Waals surface area contributed by atoms with Crippen LogP contribution in [0.5, 0.6) is 5.75 Å². The third-order valence-corrected chi connectivity index (χ3v) is 5.69. The second-order valence-electron chi connectivity index (χ2n) is 7.72. The van der Waals surface area contributed by atoms with Crippen molar-refractivity contribution >= 4 is 11.9 Å². The van der Waals surface area contributed by atoms with E-state index in [0.717, 1.165) is 12.1 Å². The van der Waals surface area contributed by atoms with Crippen molar-refractivity contribution < 1.29 is 37.4 Å². The van der Waals surface area contributed by atoms with Gasteiger partial charge >= 0.3 is 12.2 Å². The van der Waals surface area contributed by atoms with Crippen molar-refractivity contribution in [2.45, 2.75) is 18.8 Å². The minimum Gasteiger partial charge on any atom is -0.491 e. The number of rotatable bonds is 2. The number of fused-ring (bicyclic) bond motifs is 1. The second-order valence-corrected chi connectivity index (χ2v) is 7.72. The highest BCUT2D eigenvalue weighted by molar-refractivity contribution is 5.93. The molecule has 2 aromatic carbocycles. The zero-order valence-electron chi connectivity index (χ0n) is 17.5. The first-order chi connectivity index (χ1) is 15.8. The average Bonchev–Trinajstić information content (AvgIpc) is 3.02. The Balaban J connectivity index is 1.68. The highest BCUT2D eigenvalue weighted by atomic mass is 19.4. The van der Waals surface area contributed by atoms with Crippen LogP contribution in [0.1, 0.15) is 33.1 Å². The first-order valence-electron chi connectivity index (χ1n) is 10.3. The number of ether oxygens (including phenoxy) is 2. The monoisotopic (exact) mass is 465 g/mol. The summed E-state index contributed by atoms with van der Waals surface area (Å²) < 4.78 is 50.3. The SMILES string of the molecule is O=C(NO)c1ccc2c(c1)OC[C@H](c1ccc(C(F)(F)F)cc1)N(C(=O)N1CCOCC1)C2. The first kappa shape index (κ1) is 22.9. The van der Waals surface area contributed by atoms with Gasteiger partial charge in [-0.3, -0.25) is 10.0 Å². The summed E-state index contributed by atoms with van der Waals surface area (Å²) >= 11 is 0. The molecule has 2 aliphatic rings. The fraction of sp³-hybridized carbons (Fsp3) is 0.364. The van der Waals surface area contributed by atoms with E-state index in [9.17, 15) is 22.8 Å². The molecule has 2 aliphatic heterocycles. The Morgan fingerprint density at radius 1 is 1.06 bits per heavy atom. The third kappa shape index (κ3) is 4.88. The molecule has 1 atom stereocenters. The van der Waals surface area contributed by atoms with Crippen molar-refractivity contribution in [3.05, 3.63) is 64.7 Å². The Bertz CT molecular complexity index is 1020. The Hall–Kier alpha value is -3.31. The highest BCUT2D eigenvalue weighted by Crippen LogP contribution is 2.35. The molecule has 11 heteroatoms. The number of nitrogens with zero attached hydrogens (tertiary/aromatic N) is 2. The molecule has 2 heterocycles. The van der Waals surface area contributed by atoms with Crippen LogP contribution < -0.4 is 10.2 Å². The van der Waals surface area contributed by atoms with Crippen LogP contribution in [0.4, 0.5) is 18.0 Å². The maximum absolute atomic E-state index is 13.4. The predicted molar refractivity (Wildman–Crippen MR) is 109 cm³/mol. The summed E-state index contributed by atoms with van der Waals surface area (Å²) in [7, 11) is 0. The number of hydroxylamine groups is 1. The fourth-order valence-electron chi connectivity index (χ4n) is 3.89. The summed E-state index contributed by atoms with van der Waals surface area (Å²) in [6.07, 6.45) is -4.47. The van der Waals surface area contributed by atoms with Crippen molar-refractivity contribution in [1.29, 1.82) is 0 Å². The van der Waals surface area contributed by atoms with Gasteiger partial charge in [0.15, 0.2) is 0 Å². The Labute approximate surface area is 187 Å². The molecule has 0 saturated carbocycles. The molecule has 176 valence electrons. The lowest BCUT2D eigenvalue weighted by Gasteiger charge is -2.36. The second kappa shape index (κ2) is 9.28. The smallest absolute Gasteiger partial charge is 0.416 e. The van der Waals surface area contributed by atoms with E-state index in [1.165, 1.54) is 24.3 Å². The largest absolute Gasteiger partial charge is 0.491 e. The number of halogens is 3. The quantitative estimate of drug-likeness (QED) is 0.525. The number of carbonyl (C=O) groups excluding carboxylic acids is 2. The van der Waals surface area contributed by atoms with Crippen molar-refractivity contribution in [2.24, 2.45) is 0 Å². The van der Waals surface area contributed by atoms with E-state index in [2.05, 4.69) is 0 Å². The van der Waals surface area contributed by atoms with Crippen LogP contribution in [0, 0.1) is 0 Å². The van der Waals surface area contributed by atoms with Gasteiger partial charge in [0.05, 0.1) is 31.4 Å². The summed E-state index contributed by atoms with van der Waals surface area (Å²) in [4.78, 5) is 28.4. The van der Waals surface area contributed by atoms with Gasteiger partial charge in [-0.2, -0.15) is 13.2 Å². The Morgan fingerprint density at radius 2 is 1.76 bits per heavy atom. The van der Waals surface area contributed by atoms with E-state index >= 15 is 0 Å². The van der Waals surface area contributed by atoms with Gasteiger partial charge < -0.3 is 19.3 Å². The Morgan fingerprint density at radius 3 is 2.39 bits per heavy atom. The zero-order chi connectivity index (χ0) is 23.6. The minimum atomic E-state index is -4.47. The normalized spacial score (nSPS) is 18.7. The maximum atomic E-state index is 13.4. The molecule has 1 saturated heterocycles. The first-order valence-corrected chi connectivity index (χ1v) is 10.3.